The van der Waals surface area contributed by atoms with Crippen LogP contribution in [0.5, 0.6) is 0 Å². The Bertz CT molecular complexity index is 427. The molecule has 0 saturated carbocycles. The fourth-order valence-corrected chi connectivity index (χ4v) is 2.62. The minimum atomic E-state index is -0.817. The van der Waals surface area contributed by atoms with Crippen molar-refractivity contribution in [3.63, 3.8) is 0 Å². The molecule has 1 heterocycles. The van der Waals surface area contributed by atoms with E-state index in [4.69, 9.17) is 0 Å². The van der Waals surface area contributed by atoms with Gasteiger partial charge in [0.25, 0.3) is 0 Å². The quantitative estimate of drug-likeness (QED) is 0.889. The van der Waals surface area contributed by atoms with E-state index in [1.807, 2.05) is 37.3 Å². The van der Waals surface area contributed by atoms with E-state index in [0.717, 1.165) is 31.7 Å². The number of rotatable bonds is 4. The van der Waals surface area contributed by atoms with Crippen LogP contribution in [0.1, 0.15) is 12.5 Å². The minimum absolute atomic E-state index is 0.548. The molecule has 1 aromatic carbocycles. The van der Waals surface area contributed by atoms with Crippen LogP contribution in [-0.4, -0.2) is 59.6 Å². The molecule has 0 bridgehead atoms. The first-order chi connectivity index (χ1) is 9.02. The molecule has 1 aliphatic rings. The third kappa shape index (κ3) is 3.14. The number of hydrogen-bond donors (Lipinski definition) is 1. The zero-order valence-corrected chi connectivity index (χ0v) is 11.7. The second-order valence-corrected chi connectivity index (χ2v) is 5.53. The molecule has 0 spiro atoms. The van der Waals surface area contributed by atoms with Crippen LogP contribution in [-0.2, 0) is 11.2 Å². The first-order valence-electron chi connectivity index (χ1n) is 6.73. The molecule has 4 nitrogen and oxygen atoms in total. The third-order valence-electron chi connectivity index (χ3n) is 4.05. The predicted octanol–water partition coefficient (Wildman–Crippen LogP) is 1.32. The highest BCUT2D eigenvalue weighted by atomic mass is 16.4. The van der Waals surface area contributed by atoms with E-state index in [2.05, 4.69) is 16.8 Å². The van der Waals surface area contributed by atoms with Crippen LogP contribution < -0.4 is 0 Å². The SMILES string of the molecule is CN1CCN(C(C)(Cc2ccccc2)C(=O)O)CC1. The summed E-state index contributed by atoms with van der Waals surface area (Å²) in [5.74, 6) is -0.735. The van der Waals surface area contributed by atoms with Gasteiger partial charge in [-0.05, 0) is 19.5 Å². The summed E-state index contributed by atoms with van der Waals surface area (Å²) in [5, 5.41) is 9.66. The molecule has 1 saturated heterocycles. The van der Waals surface area contributed by atoms with Crippen LogP contribution in [0.2, 0.25) is 0 Å². The van der Waals surface area contributed by atoms with Crippen molar-refractivity contribution in [2.24, 2.45) is 0 Å². The van der Waals surface area contributed by atoms with Gasteiger partial charge in [0.2, 0.25) is 0 Å². The summed E-state index contributed by atoms with van der Waals surface area (Å²) < 4.78 is 0. The van der Waals surface area contributed by atoms with Gasteiger partial charge in [-0.1, -0.05) is 30.3 Å². The molecule has 0 aromatic heterocycles. The monoisotopic (exact) mass is 262 g/mol. The summed E-state index contributed by atoms with van der Waals surface area (Å²) in [6.45, 7) is 5.32. The largest absolute Gasteiger partial charge is 0.480 e. The number of carbonyl (C=O) groups is 1. The average Bonchev–Trinajstić information content (AvgIpc) is 2.40. The maximum absolute atomic E-state index is 11.8. The molecular weight excluding hydrogens is 240 g/mol. The molecule has 1 fully saturated rings. The highest BCUT2D eigenvalue weighted by molar-refractivity contribution is 5.78. The third-order valence-corrected chi connectivity index (χ3v) is 4.05. The molecule has 0 radical (unpaired) electrons. The molecule has 2 rings (SSSR count). The van der Waals surface area contributed by atoms with Crippen LogP contribution >= 0.6 is 0 Å². The Hall–Kier alpha value is -1.39. The van der Waals surface area contributed by atoms with Gasteiger partial charge in [0.1, 0.15) is 5.54 Å². The number of likely N-dealkylation sites (N-methyl/N-ethyl adjacent to an activating group) is 1. The van der Waals surface area contributed by atoms with Gasteiger partial charge in [0.15, 0.2) is 0 Å². The number of carboxylic acids is 1. The topological polar surface area (TPSA) is 43.8 Å². The van der Waals surface area contributed by atoms with Gasteiger partial charge in [0, 0.05) is 32.6 Å². The molecule has 19 heavy (non-hydrogen) atoms. The molecule has 1 aromatic rings. The predicted molar refractivity (Wildman–Crippen MR) is 75.3 cm³/mol. The van der Waals surface area contributed by atoms with E-state index in [1.54, 1.807) is 0 Å². The Morgan fingerprint density at radius 2 is 1.79 bits per heavy atom. The Morgan fingerprint density at radius 1 is 1.21 bits per heavy atom. The van der Waals surface area contributed by atoms with Crippen molar-refractivity contribution in [1.29, 1.82) is 0 Å². The molecule has 1 atom stereocenters. The fourth-order valence-electron chi connectivity index (χ4n) is 2.62. The van der Waals surface area contributed by atoms with Crippen molar-refractivity contribution >= 4 is 5.97 Å². The van der Waals surface area contributed by atoms with Gasteiger partial charge >= 0.3 is 5.97 Å². The zero-order valence-electron chi connectivity index (χ0n) is 11.7. The van der Waals surface area contributed by atoms with Gasteiger partial charge in [0.05, 0.1) is 0 Å². The highest BCUT2D eigenvalue weighted by Gasteiger charge is 2.40. The van der Waals surface area contributed by atoms with Gasteiger partial charge in [-0.25, -0.2) is 0 Å². The summed E-state index contributed by atoms with van der Waals surface area (Å²) in [6.07, 6.45) is 0.548. The van der Waals surface area contributed by atoms with Gasteiger partial charge in [-0.2, -0.15) is 0 Å². The number of benzene rings is 1. The Morgan fingerprint density at radius 3 is 2.32 bits per heavy atom. The second-order valence-electron chi connectivity index (χ2n) is 5.53. The lowest BCUT2D eigenvalue weighted by atomic mass is 9.90. The van der Waals surface area contributed by atoms with E-state index in [9.17, 15) is 9.90 Å². The van der Waals surface area contributed by atoms with Gasteiger partial charge in [-0.15, -0.1) is 0 Å². The number of piperazine rings is 1. The Labute approximate surface area is 114 Å². The van der Waals surface area contributed by atoms with Crippen molar-refractivity contribution in [2.75, 3.05) is 33.2 Å². The molecule has 1 unspecified atom stereocenters. The van der Waals surface area contributed by atoms with Crippen LogP contribution in [0.15, 0.2) is 30.3 Å². The standard InChI is InChI=1S/C15H22N2O2/c1-15(14(18)19,12-13-6-4-3-5-7-13)17-10-8-16(2)9-11-17/h3-7H,8-12H2,1-2H3,(H,18,19). The summed E-state index contributed by atoms with van der Waals surface area (Å²) in [7, 11) is 2.08. The molecular formula is C15H22N2O2. The molecule has 104 valence electrons. The maximum atomic E-state index is 11.8. The van der Waals surface area contributed by atoms with Crippen molar-refractivity contribution in [3.8, 4) is 0 Å². The lowest BCUT2D eigenvalue weighted by Crippen LogP contribution is -2.59. The maximum Gasteiger partial charge on any atom is 0.324 e. The number of aliphatic carboxylic acids is 1. The van der Waals surface area contributed by atoms with Crippen LogP contribution in [0, 0.1) is 0 Å². The fraction of sp³-hybridized carbons (Fsp3) is 0.533. The van der Waals surface area contributed by atoms with Crippen molar-refractivity contribution < 1.29 is 9.90 Å². The van der Waals surface area contributed by atoms with E-state index < -0.39 is 11.5 Å². The molecule has 0 aliphatic carbocycles. The average molecular weight is 262 g/mol. The second kappa shape index (κ2) is 5.72. The Balaban J connectivity index is 2.16. The lowest BCUT2D eigenvalue weighted by Gasteiger charge is -2.42. The molecule has 4 heteroatoms. The van der Waals surface area contributed by atoms with Crippen LogP contribution in [0.4, 0.5) is 0 Å². The van der Waals surface area contributed by atoms with Gasteiger partial charge < -0.3 is 10.0 Å². The van der Waals surface area contributed by atoms with E-state index >= 15 is 0 Å². The molecule has 1 N–H and O–H groups in total. The normalized spacial score (nSPS) is 20.9. The van der Waals surface area contributed by atoms with E-state index in [0.29, 0.717) is 6.42 Å². The molecule has 1 aliphatic heterocycles. The zero-order chi connectivity index (χ0) is 13.9. The first-order valence-corrected chi connectivity index (χ1v) is 6.73. The van der Waals surface area contributed by atoms with Crippen LogP contribution in [0.3, 0.4) is 0 Å². The summed E-state index contributed by atoms with van der Waals surface area (Å²) in [4.78, 5) is 16.1. The number of carboxylic acid groups (broad SMARTS) is 1. The summed E-state index contributed by atoms with van der Waals surface area (Å²) in [6, 6.07) is 9.87. The number of hydrogen-bond acceptors (Lipinski definition) is 3. The molecule has 0 amide bonds. The van der Waals surface area contributed by atoms with Gasteiger partial charge in [-0.3, -0.25) is 9.69 Å². The summed E-state index contributed by atoms with van der Waals surface area (Å²) in [5.41, 5.74) is 0.258. The summed E-state index contributed by atoms with van der Waals surface area (Å²) >= 11 is 0. The van der Waals surface area contributed by atoms with Crippen molar-refractivity contribution in [2.45, 2.75) is 18.9 Å². The minimum Gasteiger partial charge on any atom is -0.480 e. The van der Waals surface area contributed by atoms with E-state index in [-0.39, 0.29) is 0 Å². The smallest absolute Gasteiger partial charge is 0.324 e. The highest BCUT2D eigenvalue weighted by Crippen LogP contribution is 2.23. The van der Waals surface area contributed by atoms with Crippen molar-refractivity contribution in [1.82, 2.24) is 9.80 Å². The van der Waals surface area contributed by atoms with Crippen molar-refractivity contribution in [3.05, 3.63) is 35.9 Å². The number of nitrogens with zero attached hydrogens (tertiary/aromatic N) is 2. The van der Waals surface area contributed by atoms with E-state index in [1.165, 1.54) is 0 Å². The first kappa shape index (κ1) is 14.0. The Kier molecular flexibility index (Phi) is 4.22. The van der Waals surface area contributed by atoms with Crippen LogP contribution in [0.25, 0.3) is 0 Å². The lowest BCUT2D eigenvalue weighted by molar-refractivity contribution is -0.151.